The summed E-state index contributed by atoms with van der Waals surface area (Å²) in [6.45, 7) is 4.04. The first kappa shape index (κ1) is 51.2. The van der Waals surface area contributed by atoms with E-state index in [1.807, 2.05) is 18.2 Å². The molecule has 0 spiro atoms. The molecule has 18 nitrogen and oxygen atoms in total. The van der Waals surface area contributed by atoms with Gasteiger partial charge in [0, 0.05) is 0 Å². The van der Waals surface area contributed by atoms with Gasteiger partial charge in [-0.1, -0.05) is 91.0 Å². The summed E-state index contributed by atoms with van der Waals surface area (Å²) >= 11 is 0. The predicted octanol–water partition coefficient (Wildman–Crippen LogP) is 8.50. The number of imide groups is 3. The molecule has 0 aliphatic heterocycles. The Morgan fingerprint density at radius 3 is 0.829 bits per heavy atom. The van der Waals surface area contributed by atoms with Gasteiger partial charge in [-0.2, -0.15) is 0 Å². The van der Waals surface area contributed by atoms with Gasteiger partial charge in [-0.3, -0.25) is 14.4 Å². The van der Waals surface area contributed by atoms with Gasteiger partial charge in [0.25, 0.3) is 17.7 Å². The second-order valence-corrected chi connectivity index (χ2v) is 16.5. The summed E-state index contributed by atoms with van der Waals surface area (Å²) in [7, 11) is -2.44. The average Bonchev–Trinajstić information content (AvgIpc) is 3.37. The molecular formula is C51H51N6O12P. The number of hydrogen-bond acceptors (Lipinski definition) is 15. The van der Waals surface area contributed by atoms with Crippen molar-refractivity contribution >= 4 is 61.7 Å². The molecule has 6 aromatic carbocycles. The zero-order valence-electron chi connectivity index (χ0n) is 38.4. The molecule has 6 aromatic rings. The molecule has 6 N–H and O–H groups in total. The summed E-state index contributed by atoms with van der Waals surface area (Å²) in [6.07, 6.45) is -2.84. The molecule has 3 atom stereocenters. The Bertz CT molecular complexity index is 2400. The monoisotopic (exact) mass is 970 g/mol. The van der Waals surface area contributed by atoms with Crippen molar-refractivity contribution in [1.29, 1.82) is 0 Å². The molecule has 0 bridgehead atoms. The smallest absolute Gasteiger partial charge is 0.444 e. The van der Waals surface area contributed by atoms with E-state index in [1.54, 1.807) is 72.8 Å². The van der Waals surface area contributed by atoms with Crippen LogP contribution in [0.25, 0.3) is 0 Å². The number of ether oxygens (including phenoxy) is 3. The number of benzene rings is 6. The summed E-state index contributed by atoms with van der Waals surface area (Å²) in [4.78, 5) is 82.1. The molecule has 70 heavy (non-hydrogen) atoms. The number of hydrogen-bond donors (Lipinski definition) is 3. The molecule has 6 amide bonds. The fourth-order valence-corrected chi connectivity index (χ4v) is 7.21. The van der Waals surface area contributed by atoms with Gasteiger partial charge < -0.3 is 45.0 Å². The fourth-order valence-electron chi connectivity index (χ4n) is 6.21. The number of nitrogens with zero attached hydrogens (tertiary/aromatic N) is 3. The van der Waals surface area contributed by atoms with E-state index in [1.165, 1.54) is 93.6 Å². The summed E-state index contributed by atoms with van der Waals surface area (Å²) in [5.41, 5.74) is 20.3. The van der Waals surface area contributed by atoms with Gasteiger partial charge >= 0.3 is 26.9 Å². The lowest BCUT2D eigenvalue weighted by atomic mass is 10.2. The highest BCUT2D eigenvalue weighted by Gasteiger charge is 2.31. The summed E-state index contributed by atoms with van der Waals surface area (Å²) < 4.78 is 35.0. The van der Waals surface area contributed by atoms with Crippen LogP contribution in [0.5, 0.6) is 17.2 Å². The molecule has 3 unspecified atom stereocenters. The summed E-state index contributed by atoms with van der Waals surface area (Å²) in [5, 5.41) is 0. The number of rotatable bonds is 18. The zero-order valence-corrected chi connectivity index (χ0v) is 39.3. The first-order valence-corrected chi connectivity index (χ1v) is 22.8. The highest BCUT2D eigenvalue weighted by Crippen LogP contribution is 2.43. The van der Waals surface area contributed by atoms with Gasteiger partial charge in [-0.25, -0.2) is 29.1 Å². The molecule has 0 heterocycles. The van der Waals surface area contributed by atoms with Gasteiger partial charge in [0.2, 0.25) is 0 Å². The zero-order chi connectivity index (χ0) is 50.2. The van der Waals surface area contributed by atoms with Crippen LogP contribution in [0.4, 0.5) is 31.4 Å². The minimum absolute atomic E-state index is 0.0951. The Balaban J connectivity index is 1.25. The van der Waals surface area contributed by atoms with Crippen molar-refractivity contribution in [1.82, 2.24) is 0 Å². The minimum atomic E-state index is -2.44. The van der Waals surface area contributed by atoms with Crippen molar-refractivity contribution in [3.63, 3.8) is 0 Å². The summed E-state index contributed by atoms with van der Waals surface area (Å²) in [5.74, 6) is -1.66. The minimum Gasteiger partial charge on any atom is -0.444 e. The van der Waals surface area contributed by atoms with Crippen molar-refractivity contribution in [3.8, 4) is 17.2 Å². The van der Waals surface area contributed by atoms with Gasteiger partial charge in [0.05, 0.1) is 35.2 Å². The molecule has 19 heteroatoms. The van der Waals surface area contributed by atoms with E-state index in [-0.39, 0.29) is 54.1 Å². The van der Waals surface area contributed by atoms with Crippen molar-refractivity contribution in [2.24, 2.45) is 17.2 Å². The normalized spacial score (nSPS) is 12.4. The summed E-state index contributed by atoms with van der Waals surface area (Å²) in [6, 6.07) is 41.1. The third-order valence-electron chi connectivity index (χ3n) is 9.82. The maximum absolute atomic E-state index is 13.3. The average molecular weight is 971 g/mol. The van der Waals surface area contributed by atoms with Crippen molar-refractivity contribution in [2.45, 2.75) is 58.7 Å². The quantitative estimate of drug-likeness (QED) is 0.0540. The van der Waals surface area contributed by atoms with Crippen molar-refractivity contribution < 1.29 is 56.5 Å². The first-order valence-electron chi connectivity index (χ1n) is 21.7. The number of anilines is 3. The van der Waals surface area contributed by atoms with Gasteiger partial charge in [-0.05, 0) is 110 Å². The topological polar surface area (TPSA) is 246 Å². The maximum atomic E-state index is 13.3. The molecule has 0 aromatic heterocycles. The SMILES string of the molecule is CC(N)C(=O)N(C(=O)OCc1ccccc1)c1ccc(OP(Oc2ccc(N(C(=O)OCc3ccccc3)C(=O)C(C)N)cc2)Oc2ccc(N(C(=O)OCc3ccccc3)C(=O)C(C)N)cc2)cc1. The third-order valence-corrected chi connectivity index (χ3v) is 10.9. The number of carbonyl (C=O) groups is 6. The van der Waals surface area contributed by atoms with Gasteiger partial charge in [0.15, 0.2) is 0 Å². The number of carbonyl (C=O) groups excluding carboxylic acids is 6. The van der Waals surface area contributed by atoms with Gasteiger partial charge in [-0.15, -0.1) is 0 Å². The first-order chi connectivity index (χ1) is 33.7. The van der Waals surface area contributed by atoms with Gasteiger partial charge in [0.1, 0.15) is 37.1 Å². The molecule has 6 rings (SSSR count). The highest BCUT2D eigenvalue weighted by molar-refractivity contribution is 7.43. The Morgan fingerprint density at radius 2 is 0.614 bits per heavy atom. The molecule has 0 fully saturated rings. The molecule has 362 valence electrons. The predicted molar refractivity (Wildman–Crippen MR) is 261 cm³/mol. The van der Waals surface area contributed by atoms with E-state index in [4.69, 9.17) is 45.0 Å². The second-order valence-electron chi connectivity index (χ2n) is 15.5. The van der Waals surface area contributed by atoms with Crippen LogP contribution in [0.2, 0.25) is 0 Å². The van der Waals surface area contributed by atoms with E-state index < -0.39 is 62.7 Å². The highest BCUT2D eigenvalue weighted by atomic mass is 31.2. The van der Waals surface area contributed by atoms with Crippen LogP contribution >= 0.6 is 8.60 Å². The number of nitrogens with two attached hydrogens (primary N) is 3. The largest absolute Gasteiger partial charge is 0.530 e. The van der Waals surface area contributed by atoms with Crippen LogP contribution in [0, 0.1) is 0 Å². The molecule has 0 saturated carbocycles. The van der Waals surface area contributed by atoms with Crippen LogP contribution < -0.4 is 45.5 Å². The Hall–Kier alpha value is -8.15. The Labute approximate surface area is 405 Å². The molecular weight excluding hydrogens is 920 g/mol. The van der Waals surface area contributed by atoms with Crippen LogP contribution in [-0.2, 0) is 48.4 Å². The van der Waals surface area contributed by atoms with Crippen LogP contribution in [-0.4, -0.2) is 54.1 Å². The lowest BCUT2D eigenvalue weighted by Crippen LogP contribution is -2.46. The Morgan fingerprint density at radius 1 is 0.386 bits per heavy atom. The number of amides is 6. The van der Waals surface area contributed by atoms with Crippen molar-refractivity contribution in [3.05, 3.63) is 180 Å². The molecule has 0 radical (unpaired) electrons. The standard InChI is InChI=1S/C51H51N6O12P/c1-34(52)46(58)55(49(61)64-31-37-13-7-4-8-14-37)40-19-25-43(26-20-40)67-70(68-44-27-21-41(22-28-44)56(47(59)35(2)53)50(62)65-32-38-15-9-5-10-16-38)69-45-29-23-42(24-30-45)57(48(60)36(3)54)51(63)66-33-39-17-11-6-12-18-39/h4-30,34-36H,31-33,52-54H2,1-3H3. The maximum Gasteiger partial charge on any atom is 0.530 e. The lowest BCUT2D eigenvalue weighted by molar-refractivity contribution is -0.119. The van der Waals surface area contributed by atoms with Crippen LogP contribution in [0.1, 0.15) is 37.5 Å². The molecule has 0 saturated heterocycles. The van der Waals surface area contributed by atoms with E-state index in [0.29, 0.717) is 16.7 Å². The Kier molecular flexibility index (Phi) is 18.1. The fraction of sp³-hybridized carbons (Fsp3) is 0.176. The van der Waals surface area contributed by atoms with Crippen molar-refractivity contribution in [2.75, 3.05) is 14.7 Å². The second kappa shape index (κ2) is 24.7. The molecule has 0 aliphatic rings. The van der Waals surface area contributed by atoms with E-state index >= 15 is 0 Å². The van der Waals surface area contributed by atoms with Crippen LogP contribution in [0.15, 0.2) is 164 Å². The van der Waals surface area contributed by atoms with Crippen LogP contribution in [0.3, 0.4) is 0 Å². The van der Waals surface area contributed by atoms with E-state index in [0.717, 1.165) is 14.7 Å². The molecule has 0 aliphatic carbocycles. The lowest BCUT2D eigenvalue weighted by Gasteiger charge is -2.24. The van der Waals surface area contributed by atoms with E-state index in [9.17, 15) is 28.8 Å². The third kappa shape index (κ3) is 14.2. The van der Waals surface area contributed by atoms with E-state index in [2.05, 4.69) is 0 Å².